The van der Waals surface area contributed by atoms with E-state index in [1.165, 1.54) is 11.3 Å². The van der Waals surface area contributed by atoms with Gasteiger partial charge in [0.2, 0.25) is 5.91 Å². The van der Waals surface area contributed by atoms with Crippen LogP contribution in [-0.4, -0.2) is 33.8 Å². The number of thiophene rings is 1. The van der Waals surface area contributed by atoms with Crippen LogP contribution in [0.15, 0.2) is 17.5 Å². The molecule has 7 heteroatoms. The Morgan fingerprint density at radius 1 is 1.58 bits per heavy atom. The summed E-state index contributed by atoms with van der Waals surface area (Å²) in [6, 6.07) is 1.91. The van der Waals surface area contributed by atoms with Crippen molar-refractivity contribution < 1.29 is 14.7 Å². The molecule has 0 aliphatic heterocycles. The highest BCUT2D eigenvalue weighted by Gasteiger charge is 2.34. The molecule has 0 aliphatic carbocycles. The van der Waals surface area contributed by atoms with Gasteiger partial charge in [0.25, 0.3) is 0 Å². The molecule has 0 saturated heterocycles. The molecule has 0 saturated carbocycles. The molecule has 0 aliphatic rings. The van der Waals surface area contributed by atoms with Crippen LogP contribution in [0.5, 0.6) is 0 Å². The highest BCUT2D eigenvalue weighted by atomic mass is 32.1. The third-order valence-corrected chi connectivity index (χ3v) is 3.73. The minimum atomic E-state index is -1.13. The van der Waals surface area contributed by atoms with Gasteiger partial charge in [0, 0.05) is 16.0 Å². The average Bonchev–Trinajstić information content (AvgIpc) is 2.75. The van der Waals surface area contributed by atoms with Crippen LogP contribution in [0.1, 0.15) is 18.7 Å². The van der Waals surface area contributed by atoms with Crippen LogP contribution in [0.3, 0.4) is 0 Å². The fourth-order valence-electron chi connectivity index (χ4n) is 1.53. The summed E-state index contributed by atoms with van der Waals surface area (Å²) in [6.07, 6.45) is 0.392. The molecular formula is C12H18N2O3S2. The van der Waals surface area contributed by atoms with Crippen molar-refractivity contribution in [2.75, 3.05) is 0 Å². The third kappa shape index (κ3) is 4.85. The van der Waals surface area contributed by atoms with E-state index in [0.29, 0.717) is 6.42 Å². The number of amides is 1. The van der Waals surface area contributed by atoms with Crippen LogP contribution in [0.4, 0.5) is 0 Å². The number of nitrogens with one attached hydrogen (secondary N) is 1. The van der Waals surface area contributed by atoms with Crippen LogP contribution in [0, 0.1) is 0 Å². The molecule has 0 bridgehead atoms. The van der Waals surface area contributed by atoms with Gasteiger partial charge < -0.3 is 16.2 Å². The van der Waals surface area contributed by atoms with Crippen LogP contribution in [0.2, 0.25) is 0 Å². The van der Waals surface area contributed by atoms with E-state index in [1.54, 1.807) is 13.8 Å². The predicted molar refractivity (Wildman–Crippen MR) is 78.6 cm³/mol. The normalized spacial score (nSPS) is 14.7. The summed E-state index contributed by atoms with van der Waals surface area (Å²) < 4.78 is -0.871. The molecule has 1 heterocycles. The SMILES string of the molecule is CC(C)(S)[C@H](NC(=O)[C@@H](N)Cc1cccs1)C(=O)O. The number of thiol groups is 1. The van der Waals surface area contributed by atoms with Crippen LogP contribution < -0.4 is 11.1 Å². The zero-order valence-electron chi connectivity index (χ0n) is 10.8. The van der Waals surface area contributed by atoms with Gasteiger partial charge in [0.15, 0.2) is 0 Å². The van der Waals surface area contributed by atoms with Gasteiger partial charge in [-0.3, -0.25) is 4.79 Å². The van der Waals surface area contributed by atoms with Gasteiger partial charge in [-0.05, 0) is 25.3 Å². The maximum Gasteiger partial charge on any atom is 0.327 e. The van der Waals surface area contributed by atoms with Crippen LogP contribution >= 0.6 is 24.0 Å². The zero-order valence-corrected chi connectivity index (χ0v) is 12.5. The number of carbonyl (C=O) groups is 2. The van der Waals surface area contributed by atoms with Crippen molar-refractivity contribution in [2.24, 2.45) is 5.73 Å². The van der Waals surface area contributed by atoms with E-state index in [-0.39, 0.29) is 0 Å². The minimum absolute atomic E-state index is 0.392. The Kier molecular flexibility index (Phi) is 5.39. The summed E-state index contributed by atoms with van der Waals surface area (Å²) in [5.74, 6) is -1.61. The number of aliphatic carboxylic acids is 1. The number of carboxylic acid groups (broad SMARTS) is 1. The van der Waals surface area contributed by atoms with Crippen molar-refractivity contribution in [3.63, 3.8) is 0 Å². The molecule has 0 unspecified atom stereocenters. The first-order valence-electron chi connectivity index (χ1n) is 5.75. The molecule has 0 fully saturated rings. The Hall–Kier alpha value is -1.05. The molecule has 1 rings (SSSR count). The maximum atomic E-state index is 11.9. The van der Waals surface area contributed by atoms with Crippen molar-refractivity contribution >= 4 is 35.8 Å². The Morgan fingerprint density at radius 3 is 2.63 bits per heavy atom. The molecule has 0 aromatic carbocycles. The summed E-state index contributed by atoms with van der Waals surface area (Å²) in [7, 11) is 0. The summed E-state index contributed by atoms with van der Waals surface area (Å²) in [5, 5.41) is 13.4. The first-order chi connectivity index (χ1) is 8.71. The van der Waals surface area contributed by atoms with E-state index in [1.807, 2.05) is 17.5 Å². The van der Waals surface area contributed by atoms with Crippen LogP contribution in [0.25, 0.3) is 0 Å². The molecule has 2 atom stereocenters. The summed E-state index contributed by atoms with van der Waals surface area (Å²) in [6.45, 7) is 3.25. The monoisotopic (exact) mass is 302 g/mol. The van der Waals surface area contributed by atoms with E-state index in [0.717, 1.165) is 4.88 Å². The number of carbonyl (C=O) groups excluding carboxylic acids is 1. The molecule has 4 N–H and O–H groups in total. The number of hydrogen-bond donors (Lipinski definition) is 4. The predicted octanol–water partition coefficient (Wildman–Crippen LogP) is 0.896. The maximum absolute atomic E-state index is 11.9. The molecule has 1 aromatic heterocycles. The Balaban J connectivity index is 2.64. The smallest absolute Gasteiger partial charge is 0.327 e. The average molecular weight is 302 g/mol. The molecule has 0 spiro atoms. The van der Waals surface area contributed by atoms with Crippen molar-refractivity contribution in [1.29, 1.82) is 0 Å². The van der Waals surface area contributed by atoms with Gasteiger partial charge in [-0.2, -0.15) is 12.6 Å². The molecule has 1 amide bonds. The van der Waals surface area contributed by atoms with Crippen molar-refractivity contribution in [3.8, 4) is 0 Å². The third-order valence-electron chi connectivity index (χ3n) is 2.58. The molecular weight excluding hydrogens is 284 g/mol. The van der Waals surface area contributed by atoms with Gasteiger partial charge >= 0.3 is 5.97 Å². The summed E-state index contributed by atoms with van der Waals surface area (Å²) in [4.78, 5) is 24.0. The second kappa shape index (κ2) is 6.40. The van der Waals surface area contributed by atoms with Gasteiger partial charge in [0.05, 0.1) is 6.04 Å². The van der Waals surface area contributed by atoms with Crippen molar-refractivity contribution in [2.45, 2.75) is 37.1 Å². The van der Waals surface area contributed by atoms with Gasteiger partial charge in [-0.1, -0.05) is 6.07 Å². The zero-order chi connectivity index (χ0) is 14.6. The quantitative estimate of drug-likeness (QED) is 0.587. The van der Waals surface area contributed by atoms with Crippen molar-refractivity contribution in [1.82, 2.24) is 5.32 Å². The largest absolute Gasteiger partial charge is 0.480 e. The van der Waals surface area contributed by atoms with E-state index >= 15 is 0 Å². The lowest BCUT2D eigenvalue weighted by molar-refractivity contribution is -0.142. The topological polar surface area (TPSA) is 92.4 Å². The number of nitrogens with two attached hydrogens (primary N) is 1. The lowest BCUT2D eigenvalue weighted by atomic mass is 10.0. The van der Waals surface area contributed by atoms with Gasteiger partial charge in [-0.25, -0.2) is 4.79 Å². The first-order valence-corrected chi connectivity index (χ1v) is 7.08. The van der Waals surface area contributed by atoms with Crippen LogP contribution in [-0.2, 0) is 16.0 Å². The highest BCUT2D eigenvalue weighted by molar-refractivity contribution is 7.81. The summed E-state index contributed by atoms with van der Waals surface area (Å²) in [5.41, 5.74) is 5.78. The number of rotatable bonds is 6. The number of carboxylic acids is 1. The van der Waals surface area contributed by atoms with E-state index in [9.17, 15) is 9.59 Å². The fraction of sp³-hybridized carbons (Fsp3) is 0.500. The van der Waals surface area contributed by atoms with Crippen molar-refractivity contribution in [3.05, 3.63) is 22.4 Å². The molecule has 106 valence electrons. The van der Waals surface area contributed by atoms with E-state index in [2.05, 4.69) is 17.9 Å². The fourth-order valence-corrected chi connectivity index (χ4v) is 2.47. The Morgan fingerprint density at radius 2 is 2.21 bits per heavy atom. The van der Waals surface area contributed by atoms with Gasteiger partial charge in [0.1, 0.15) is 6.04 Å². The molecule has 19 heavy (non-hydrogen) atoms. The number of hydrogen-bond acceptors (Lipinski definition) is 5. The highest BCUT2D eigenvalue weighted by Crippen LogP contribution is 2.18. The first kappa shape index (κ1) is 16.0. The Bertz CT molecular complexity index is 440. The minimum Gasteiger partial charge on any atom is -0.480 e. The van der Waals surface area contributed by atoms with E-state index < -0.39 is 28.7 Å². The second-order valence-electron chi connectivity index (χ2n) is 4.82. The second-order valence-corrected chi connectivity index (χ2v) is 7.01. The lowest BCUT2D eigenvalue weighted by Gasteiger charge is -2.27. The molecule has 1 aromatic rings. The standard InChI is InChI=1S/C12H18N2O3S2/c1-12(2,18)9(11(16)17)14-10(15)8(13)6-7-4-3-5-19-7/h3-5,8-9,18H,6,13H2,1-2H3,(H,14,15)(H,16,17)/t8-,9+/m0/s1. The van der Waals surface area contributed by atoms with E-state index in [4.69, 9.17) is 10.8 Å². The molecule has 0 radical (unpaired) electrons. The lowest BCUT2D eigenvalue weighted by Crippen LogP contribution is -2.55. The molecule has 5 nitrogen and oxygen atoms in total. The Labute approximate surface area is 121 Å². The van der Waals surface area contributed by atoms with Gasteiger partial charge in [-0.15, -0.1) is 11.3 Å². The summed E-state index contributed by atoms with van der Waals surface area (Å²) >= 11 is 5.69.